The van der Waals surface area contributed by atoms with Gasteiger partial charge in [0.15, 0.2) is 11.5 Å². The van der Waals surface area contributed by atoms with Gasteiger partial charge in [-0.3, -0.25) is 5.43 Å². The molecule has 3 aromatic rings. The highest BCUT2D eigenvalue weighted by Gasteiger charge is 2.10. The van der Waals surface area contributed by atoms with Crippen LogP contribution in [0.4, 0.5) is 5.69 Å². The molecule has 6 heteroatoms. The lowest BCUT2D eigenvalue weighted by Gasteiger charge is -2.13. The molecule has 0 amide bonds. The SMILES string of the molecule is COc1cc(/C=N/Nc2ccc(C)c(C)c2)ccc1OCc1c(Cl)cccc1Cl. The van der Waals surface area contributed by atoms with E-state index in [1.807, 2.05) is 24.3 Å². The Labute approximate surface area is 181 Å². The van der Waals surface area contributed by atoms with Gasteiger partial charge in [-0.2, -0.15) is 5.10 Å². The molecule has 0 heterocycles. The molecule has 29 heavy (non-hydrogen) atoms. The Morgan fingerprint density at radius 1 is 0.931 bits per heavy atom. The van der Waals surface area contributed by atoms with E-state index in [4.69, 9.17) is 32.7 Å². The molecule has 0 saturated carbocycles. The molecule has 0 saturated heterocycles. The monoisotopic (exact) mass is 428 g/mol. The molecule has 0 aromatic heterocycles. The number of anilines is 1. The third-order valence-electron chi connectivity index (χ3n) is 4.54. The van der Waals surface area contributed by atoms with E-state index in [2.05, 4.69) is 36.5 Å². The molecule has 1 N–H and O–H groups in total. The molecule has 0 fully saturated rings. The summed E-state index contributed by atoms with van der Waals surface area (Å²) in [7, 11) is 1.60. The van der Waals surface area contributed by atoms with Crippen LogP contribution in [-0.4, -0.2) is 13.3 Å². The molecule has 0 spiro atoms. The first-order valence-corrected chi connectivity index (χ1v) is 9.83. The van der Waals surface area contributed by atoms with E-state index in [1.165, 1.54) is 11.1 Å². The molecule has 3 rings (SSSR count). The van der Waals surface area contributed by atoms with Gasteiger partial charge in [0.25, 0.3) is 0 Å². The average Bonchev–Trinajstić information content (AvgIpc) is 2.71. The summed E-state index contributed by atoms with van der Waals surface area (Å²) in [5.74, 6) is 1.20. The lowest BCUT2D eigenvalue weighted by molar-refractivity contribution is 0.284. The van der Waals surface area contributed by atoms with Crippen molar-refractivity contribution in [3.8, 4) is 11.5 Å². The van der Waals surface area contributed by atoms with Crippen LogP contribution in [0.5, 0.6) is 11.5 Å². The van der Waals surface area contributed by atoms with Crippen molar-refractivity contribution in [1.29, 1.82) is 0 Å². The van der Waals surface area contributed by atoms with Crippen molar-refractivity contribution in [2.24, 2.45) is 5.10 Å². The number of aryl methyl sites for hydroxylation is 2. The van der Waals surface area contributed by atoms with E-state index in [0.717, 1.165) is 16.8 Å². The van der Waals surface area contributed by atoms with Crippen molar-refractivity contribution in [2.45, 2.75) is 20.5 Å². The fourth-order valence-electron chi connectivity index (χ4n) is 2.70. The minimum Gasteiger partial charge on any atom is -0.493 e. The smallest absolute Gasteiger partial charge is 0.161 e. The standard InChI is InChI=1S/C23H22Cl2N2O2/c1-15-7-9-18(11-16(15)2)27-26-13-17-8-10-22(23(12-17)28-3)29-14-19-20(24)5-4-6-21(19)25/h4-13,27H,14H2,1-3H3/b26-13+. The number of methoxy groups -OCH3 is 1. The maximum absolute atomic E-state index is 6.20. The van der Waals surface area contributed by atoms with Crippen molar-refractivity contribution < 1.29 is 9.47 Å². The molecule has 150 valence electrons. The van der Waals surface area contributed by atoms with Crippen LogP contribution < -0.4 is 14.9 Å². The highest BCUT2D eigenvalue weighted by Crippen LogP contribution is 2.31. The number of hydrogen-bond donors (Lipinski definition) is 1. The number of nitrogens with one attached hydrogen (secondary N) is 1. The quantitative estimate of drug-likeness (QED) is 0.338. The van der Waals surface area contributed by atoms with Crippen molar-refractivity contribution in [1.82, 2.24) is 0 Å². The molecule has 0 radical (unpaired) electrons. The van der Waals surface area contributed by atoms with E-state index in [-0.39, 0.29) is 6.61 Å². The topological polar surface area (TPSA) is 42.8 Å². The maximum Gasteiger partial charge on any atom is 0.161 e. The lowest BCUT2D eigenvalue weighted by atomic mass is 10.1. The zero-order valence-corrected chi connectivity index (χ0v) is 18.0. The highest BCUT2D eigenvalue weighted by molar-refractivity contribution is 6.35. The summed E-state index contributed by atoms with van der Waals surface area (Å²) in [6.45, 7) is 4.40. The van der Waals surface area contributed by atoms with Gasteiger partial charge < -0.3 is 9.47 Å². The first-order valence-electron chi connectivity index (χ1n) is 9.08. The molecular formula is C23H22Cl2N2O2. The third kappa shape index (κ3) is 5.43. The van der Waals surface area contributed by atoms with Gasteiger partial charge in [-0.15, -0.1) is 0 Å². The van der Waals surface area contributed by atoms with Crippen LogP contribution in [0.3, 0.4) is 0 Å². The van der Waals surface area contributed by atoms with Gasteiger partial charge in [-0.25, -0.2) is 0 Å². The van der Waals surface area contributed by atoms with Crippen molar-refractivity contribution in [2.75, 3.05) is 12.5 Å². The van der Waals surface area contributed by atoms with Gasteiger partial charge in [-0.05, 0) is 73.0 Å². The largest absolute Gasteiger partial charge is 0.493 e. The van der Waals surface area contributed by atoms with E-state index in [9.17, 15) is 0 Å². The molecule has 0 unspecified atom stereocenters. The Kier molecular flexibility index (Phi) is 7.02. The molecule has 4 nitrogen and oxygen atoms in total. The number of hydrazone groups is 1. The second-order valence-corrected chi connectivity index (χ2v) is 7.38. The first-order chi connectivity index (χ1) is 14.0. The van der Waals surface area contributed by atoms with E-state index < -0.39 is 0 Å². The Morgan fingerprint density at radius 3 is 2.38 bits per heavy atom. The number of hydrogen-bond acceptors (Lipinski definition) is 4. The van der Waals surface area contributed by atoms with Gasteiger partial charge >= 0.3 is 0 Å². The average molecular weight is 429 g/mol. The van der Waals surface area contributed by atoms with Crippen LogP contribution in [0.25, 0.3) is 0 Å². The molecular weight excluding hydrogens is 407 g/mol. The molecule has 0 aliphatic rings. The summed E-state index contributed by atoms with van der Waals surface area (Å²) in [5.41, 5.74) is 8.05. The van der Waals surface area contributed by atoms with Crippen molar-refractivity contribution in [3.63, 3.8) is 0 Å². The summed E-state index contributed by atoms with van der Waals surface area (Å²) >= 11 is 12.4. The van der Waals surface area contributed by atoms with Crippen LogP contribution in [-0.2, 0) is 6.61 Å². The lowest BCUT2D eigenvalue weighted by Crippen LogP contribution is -2.00. The fraction of sp³-hybridized carbons (Fsp3) is 0.174. The molecule has 0 aliphatic carbocycles. The minimum atomic E-state index is 0.247. The molecule has 0 bridgehead atoms. The zero-order chi connectivity index (χ0) is 20.8. The van der Waals surface area contributed by atoms with Crippen LogP contribution in [0.2, 0.25) is 10.0 Å². The zero-order valence-electron chi connectivity index (χ0n) is 16.5. The molecule has 0 atom stereocenters. The Hall–Kier alpha value is -2.69. The Bertz CT molecular complexity index is 1020. The number of rotatable bonds is 7. The molecule has 0 aliphatic heterocycles. The van der Waals surface area contributed by atoms with E-state index >= 15 is 0 Å². The molecule has 3 aromatic carbocycles. The Balaban J connectivity index is 1.68. The third-order valence-corrected chi connectivity index (χ3v) is 5.24. The summed E-state index contributed by atoms with van der Waals surface area (Å²) in [4.78, 5) is 0. The summed E-state index contributed by atoms with van der Waals surface area (Å²) in [6.07, 6.45) is 1.73. The van der Waals surface area contributed by atoms with Crippen LogP contribution in [0.1, 0.15) is 22.3 Å². The highest BCUT2D eigenvalue weighted by atomic mass is 35.5. The Morgan fingerprint density at radius 2 is 1.69 bits per heavy atom. The maximum atomic E-state index is 6.20. The van der Waals surface area contributed by atoms with Gasteiger partial charge in [0, 0.05) is 15.6 Å². The summed E-state index contributed by atoms with van der Waals surface area (Å²) < 4.78 is 11.3. The van der Waals surface area contributed by atoms with Crippen LogP contribution in [0.15, 0.2) is 59.7 Å². The van der Waals surface area contributed by atoms with Crippen molar-refractivity contribution in [3.05, 3.63) is 86.9 Å². The van der Waals surface area contributed by atoms with Crippen molar-refractivity contribution >= 4 is 35.1 Å². The second-order valence-electron chi connectivity index (χ2n) is 6.57. The number of halogens is 2. The predicted molar refractivity (Wildman–Crippen MR) is 121 cm³/mol. The number of benzene rings is 3. The van der Waals surface area contributed by atoms with Gasteiger partial charge in [0.1, 0.15) is 6.61 Å². The van der Waals surface area contributed by atoms with Crippen LogP contribution in [0, 0.1) is 13.8 Å². The van der Waals surface area contributed by atoms with Gasteiger partial charge in [0.2, 0.25) is 0 Å². The number of nitrogens with zero attached hydrogens (tertiary/aromatic N) is 1. The summed E-state index contributed by atoms with van der Waals surface area (Å²) in [6, 6.07) is 17.1. The first kappa shape index (κ1) is 21.0. The minimum absolute atomic E-state index is 0.247. The van der Waals surface area contributed by atoms with E-state index in [0.29, 0.717) is 21.5 Å². The number of ether oxygens (including phenoxy) is 2. The second kappa shape index (κ2) is 9.68. The normalized spacial score (nSPS) is 10.9. The van der Waals surface area contributed by atoms with Crippen LogP contribution >= 0.6 is 23.2 Å². The predicted octanol–water partition coefficient (Wildman–Crippen LogP) is 6.64. The van der Waals surface area contributed by atoms with Gasteiger partial charge in [0.05, 0.1) is 19.0 Å². The summed E-state index contributed by atoms with van der Waals surface area (Å²) in [5, 5.41) is 5.43. The van der Waals surface area contributed by atoms with Gasteiger partial charge in [-0.1, -0.05) is 35.3 Å². The fourth-order valence-corrected chi connectivity index (χ4v) is 3.20. The van der Waals surface area contributed by atoms with E-state index in [1.54, 1.807) is 31.5 Å².